The molecule has 92 valence electrons. The van der Waals surface area contributed by atoms with Crippen molar-refractivity contribution in [1.82, 2.24) is 4.90 Å². The fourth-order valence-electron chi connectivity index (χ4n) is 2.70. The zero-order valence-electron chi connectivity index (χ0n) is 10.3. The number of aliphatic hydroxyl groups is 1. The van der Waals surface area contributed by atoms with E-state index in [0.717, 1.165) is 19.4 Å². The molecule has 2 rings (SSSR count). The lowest BCUT2D eigenvalue weighted by Crippen LogP contribution is -2.41. The van der Waals surface area contributed by atoms with Crippen molar-refractivity contribution in [2.45, 2.75) is 45.3 Å². The second-order valence-electron chi connectivity index (χ2n) is 5.82. The summed E-state index contributed by atoms with van der Waals surface area (Å²) >= 11 is 0. The van der Waals surface area contributed by atoms with E-state index in [0.29, 0.717) is 5.92 Å². The van der Waals surface area contributed by atoms with Crippen LogP contribution in [0.5, 0.6) is 0 Å². The molecule has 0 unspecified atom stereocenters. The molecule has 0 aromatic rings. The van der Waals surface area contributed by atoms with E-state index in [9.17, 15) is 9.90 Å². The van der Waals surface area contributed by atoms with Gasteiger partial charge in [-0.2, -0.15) is 0 Å². The van der Waals surface area contributed by atoms with E-state index in [4.69, 9.17) is 4.74 Å². The first-order chi connectivity index (χ1) is 7.44. The Labute approximate surface area is 96.6 Å². The van der Waals surface area contributed by atoms with Crippen LogP contribution in [-0.2, 0) is 4.74 Å². The number of nitrogens with zero attached hydrogens (tertiary/aromatic N) is 1. The van der Waals surface area contributed by atoms with Gasteiger partial charge in [-0.25, -0.2) is 4.79 Å². The molecule has 1 amide bonds. The van der Waals surface area contributed by atoms with Crippen molar-refractivity contribution in [3.8, 4) is 0 Å². The summed E-state index contributed by atoms with van der Waals surface area (Å²) in [6, 6.07) is 0.230. The Hall–Kier alpha value is -0.770. The summed E-state index contributed by atoms with van der Waals surface area (Å²) in [7, 11) is 0. The molecule has 0 radical (unpaired) electrons. The Balaban J connectivity index is 1.97. The highest BCUT2D eigenvalue weighted by atomic mass is 16.6. The van der Waals surface area contributed by atoms with Crippen LogP contribution in [0.2, 0.25) is 0 Å². The molecular formula is C12H21NO3. The van der Waals surface area contributed by atoms with Crippen LogP contribution in [0.4, 0.5) is 4.79 Å². The molecule has 1 aliphatic heterocycles. The summed E-state index contributed by atoms with van der Waals surface area (Å²) in [6.07, 6.45) is 1.93. The van der Waals surface area contributed by atoms with E-state index in [-0.39, 0.29) is 24.7 Å². The van der Waals surface area contributed by atoms with E-state index >= 15 is 0 Å². The smallest absolute Gasteiger partial charge is 0.410 e. The van der Waals surface area contributed by atoms with Gasteiger partial charge in [0.05, 0.1) is 0 Å². The van der Waals surface area contributed by atoms with Gasteiger partial charge in [-0.05, 0) is 39.5 Å². The summed E-state index contributed by atoms with van der Waals surface area (Å²) in [5.41, 5.74) is -0.437. The molecule has 2 fully saturated rings. The molecule has 3 atom stereocenters. The first kappa shape index (κ1) is 11.7. The normalized spacial score (nSPS) is 33.2. The van der Waals surface area contributed by atoms with Gasteiger partial charge in [0.1, 0.15) is 5.60 Å². The van der Waals surface area contributed by atoms with Gasteiger partial charge >= 0.3 is 6.09 Å². The molecule has 0 bridgehead atoms. The minimum absolute atomic E-state index is 0.189. The summed E-state index contributed by atoms with van der Waals surface area (Å²) in [4.78, 5) is 13.7. The number of fused-ring (bicyclic) bond motifs is 1. The van der Waals surface area contributed by atoms with Crippen LogP contribution in [0, 0.1) is 11.8 Å². The molecule has 1 aliphatic carbocycles. The summed E-state index contributed by atoms with van der Waals surface area (Å²) in [6.45, 7) is 6.59. The fraction of sp³-hybridized carbons (Fsp3) is 0.917. The highest BCUT2D eigenvalue weighted by molar-refractivity contribution is 5.69. The molecule has 0 aromatic heterocycles. The molecule has 16 heavy (non-hydrogen) atoms. The fourth-order valence-corrected chi connectivity index (χ4v) is 2.70. The molecule has 4 nitrogen and oxygen atoms in total. The number of aliphatic hydroxyl groups excluding tert-OH is 1. The van der Waals surface area contributed by atoms with E-state index in [1.54, 1.807) is 4.90 Å². The highest BCUT2D eigenvalue weighted by Gasteiger charge is 2.56. The minimum Gasteiger partial charge on any atom is -0.444 e. The van der Waals surface area contributed by atoms with Crippen LogP contribution >= 0.6 is 0 Å². The molecular weight excluding hydrogens is 206 g/mol. The Kier molecular flexibility index (Phi) is 2.86. The third kappa shape index (κ3) is 2.17. The number of hydrogen-bond donors (Lipinski definition) is 1. The van der Waals surface area contributed by atoms with Crippen molar-refractivity contribution in [3.05, 3.63) is 0 Å². The van der Waals surface area contributed by atoms with Crippen LogP contribution < -0.4 is 0 Å². The van der Waals surface area contributed by atoms with Gasteiger partial charge in [-0.15, -0.1) is 0 Å². The Bertz CT molecular complexity index is 280. The number of ether oxygens (including phenoxy) is 1. The maximum Gasteiger partial charge on any atom is 0.410 e. The topological polar surface area (TPSA) is 49.8 Å². The van der Waals surface area contributed by atoms with Crippen molar-refractivity contribution >= 4 is 6.09 Å². The predicted octanol–water partition coefficient (Wildman–Crippen LogP) is 1.62. The van der Waals surface area contributed by atoms with Gasteiger partial charge in [0.15, 0.2) is 0 Å². The van der Waals surface area contributed by atoms with Crippen LogP contribution in [0.1, 0.15) is 33.6 Å². The molecule has 1 saturated carbocycles. The van der Waals surface area contributed by atoms with Crippen molar-refractivity contribution in [2.24, 2.45) is 11.8 Å². The summed E-state index contributed by atoms with van der Waals surface area (Å²) < 4.78 is 5.37. The second kappa shape index (κ2) is 3.91. The first-order valence-electron chi connectivity index (χ1n) is 6.04. The molecule has 4 heteroatoms. The van der Waals surface area contributed by atoms with Gasteiger partial charge in [-0.1, -0.05) is 0 Å². The quantitative estimate of drug-likeness (QED) is 0.740. The average Bonchev–Trinajstić information content (AvgIpc) is 2.87. The van der Waals surface area contributed by atoms with E-state index in [1.165, 1.54) is 0 Å². The number of hydrogen-bond acceptors (Lipinski definition) is 3. The Morgan fingerprint density at radius 2 is 2.19 bits per heavy atom. The zero-order valence-corrected chi connectivity index (χ0v) is 10.3. The molecule has 0 aromatic carbocycles. The molecule has 1 heterocycles. The van der Waals surface area contributed by atoms with Gasteiger partial charge < -0.3 is 14.7 Å². The van der Waals surface area contributed by atoms with Crippen LogP contribution in [0.3, 0.4) is 0 Å². The highest BCUT2D eigenvalue weighted by Crippen LogP contribution is 2.49. The molecule has 1 saturated heterocycles. The van der Waals surface area contributed by atoms with E-state index in [1.807, 2.05) is 20.8 Å². The third-order valence-corrected chi connectivity index (χ3v) is 3.42. The van der Waals surface area contributed by atoms with Gasteiger partial charge in [0, 0.05) is 25.1 Å². The summed E-state index contributed by atoms with van der Waals surface area (Å²) in [5, 5.41) is 9.19. The van der Waals surface area contributed by atoms with Gasteiger partial charge in [-0.3, -0.25) is 0 Å². The second-order valence-corrected chi connectivity index (χ2v) is 5.82. The largest absolute Gasteiger partial charge is 0.444 e. The molecule has 2 aliphatic rings. The first-order valence-corrected chi connectivity index (χ1v) is 6.04. The monoisotopic (exact) mass is 227 g/mol. The Morgan fingerprint density at radius 3 is 2.75 bits per heavy atom. The maximum absolute atomic E-state index is 11.9. The summed E-state index contributed by atoms with van der Waals surface area (Å²) in [5.74, 6) is 0.793. The van der Waals surface area contributed by atoms with Crippen LogP contribution in [-0.4, -0.2) is 40.9 Å². The average molecular weight is 227 g/mol. The van der Waals surface area contributed by atoms with Gasteiger partial charge in [0.25, 0.3) is 0 Å². The van der Waals surface area contributed by atoms with Crippen LogP contribution in [0.25, 0.3) is 0 Å². The van der Waals surface area contributed by atoms with Crippen molar-refractivity contribution < 1.29 is 14.6 Å². The molecule has 1 N–H and O–H groups in total. The predicted molar refractivity (Wildman–Crippen MR) is 60.0 cm³/mol. The zero-order chi connectivity index (χ0) is 11.9. The van der Waals surface area contributed by atoms with E-state index < -0.39 is 5.60 Å². The minimum atomic E-state index is -0.437. The lowest BCUT2D eigenvalue weighted by molar-refractivity contribution is 0.0185. The van der Waals surface area contributed by atoms with Crippen LogP contribution in [0.15, 0.2) is 0 Å². The van der Waals surface area contributed by atoms with E-state index in [2.05, 4.69) is 0 Å². The lowest BCUT2D eigenvalue weighted by atomic mass is 10.1. The number of amides is 1. The van der Waals surface area contributed by atoms with Crippen molar-refractivity contribution in [3.63, 3.8) is 0 Å². The Morgan fingerprint density at radius 1 is 1.50 bits per heavy atom. The number of carbonyl (C=O) groups excluding carboxylic acids is 1. The lowest BCUT2D eigenvalue weighted by Gasteiger charge is -2.30. The SMILES string of the molecule is CC(C)(C)OC(=O)N1CCC[C@@H]2[C@@H](CO)[C@@H]21. The maximum atomic E-state index is 11.9. The van der Waals surface area contributed by atoms with Crippen molar-refractivity contribution in [2.75, 3.05) is 13.2 Å². The third-order valence-electron chi connectivity index (χ3n) is 3.42. The van der Waals surface area contributed by atoms with Gasteiger partial charge in [0.2, 0.25) is 0 Å². The number of piperidine rings is 1. The number of likely N-dealkylation sites (tertiary alicyclic amines) is 1. The number of rotatable bonds is 1. The molecule has 0 spiro atoms. The standard InChI is InChI=1S/C12H21NO3/c1-12(2,3)16-11(15)13-6-4-5-8-9(7-14)10(8)13/h8-10,14H,4-7H2,1-3H3/t8-,9-,10-/m1/s1. The number of carbonyl (C=O) groups is 1. The van der Waals surface area contributed by atoms with Crippen molar-refractivity contribution in [1.29, 1.82) is 0 Å².